The minimum Gasteiger partial charge on any atom is -0.489 e. The Morgan fingerprint density at radius 2 is 2.07 bits per heavy atom. The van der Waals surface area contributed by atoms with Gasteiger partial charge in [-0.15, -0.1) is 24.0 Å². The summed E-state index contributed by atoms with van der Waals surface area (Å²) in [6.07, 6.45) is 2.62. The molecule has 0 radical (unpaired) electrons. The van der Waals surface area contributed by atoms with E-state index >= 15 is 0 Å². The van der Waals surface area contributed by atoms with Gasteiger partial charge >= 0.3 is 0 Å². The summed E-state index contributed by atoms with van der Waals surface area (Å²) < 4.78 is 17.8. The molecule has 2 fully saturated rings. The second-order valence-electron chi connectivity index (χ2n) is 7.03. The molecular formula is C20H32IN3O3. The first-order valence-electron chi connectivity index (χ1n) is 9.58. The number of benzene rings is 1. The van der Waals surface area contributed by atoms with E-state index in [2.05, 4.69) is 35.1 Å². The van der Waals surface area contributed by atoms with Gasteiger partial charge in [0.15, 0.2) is 5.96 Å². The summed E-state index contributed by atoms with van der Waals surface area (Å²) in [7, 11) is 1.83. The highest BCUT2D eigenvalue weighted by Crippen LogP contribution is 2.21. The van der Waals surface area contributed by atoms with Crippen molar-refractivity contribution in [3.63, 3.8) is 0 Å². The fourth-order valence-corrected chi connectivity index (χ4v) is 3.50. The number of hydrogen-bond donors (Lipinski definition) is 1. The predicted octanol–water partition coefficient (Wildman–Crippen LogP) is 2.84. The molecule has 7 heteroatoms. The second kappa shape index (κ2) is 11.1. The maximum atomic E-state index is 6.05. The highest BCUT2D eigenvalue weighted by atomic mass is 127. The standard InChI is InChI=1S/C20H31N3O3.HI/c1-15-7-4-5-8-17(15)26-16(2)13-22-20(21-3)23-10-12-25-19(14-23)18-9-6-11-24-18;/h4-5,7-8,16,18-19H,6,9-14H2,1-3H3,(H,21,22);1H. The van der Waals surface area contributed by atoms with E-state index in [9.17, 15) is 0 Å². The van der Waals surface area contributed by atoms with E-state index in [1.165, 1.54) is 0 Å². The Kier molecular flexibility index (Phi) is 9.11. The molecule has 3 rings (SSSR count). The molecule has 3 atom stereocenters. The summed E-state index contributed by atoms with van der Waals surface area (Å²) in [4.78, 5) is 6.71. The third-order valence-corrected chi connectivity index (χ3v) is 4.95. The minimum absolute atomic E-state index is 0. The number of rotatable bonds is 5. The van der Waals surface area contributed by atoms with E-state index < -0.39 is 0 Å². The lowest BCUT2D eigenvalue weighted by Gasteiger charge is -2.37. The van der Waals surface area contributed by atoms with Crippen LogP contribution in [0, 0.1) is 6.92 Å². The topological polar surface area (TPSA) is 55.3 Å². The van der Waals surface area contributed by atoms with Crippen LogP contribution in [0.3, 0.4) is 0 Å². The average molecular weight is 489 g/mol. The van der Waals surface area contributed by atoms with Gasteiger partial charge in [-0.05, 0) is 38.3 Å². The Bertz CT molecular complexity index is 608. The van der Waals surface area contributed by atoms with Crippen LogP contribution >= 0.6 is 24.0 Å². The maximum Gasteiger partial charge on any atom is 0.193 e. The summed E-state index contributed by atoms with van der Waals surface area (Å²) in [6, 6.07) is 8.10. The first kappa shape index (κ1) is 22.2. The van der Waals surface area contributed by atoms with Gasteiger partial charge in [-0.2, -0.15) is 0 Å². The van der Waals surface area contributed by atoms with Crippen molar-refractivity contribution in [1.82, 2.24) is 10.2 Å². The number of morpholine rings is 1. The number of para-hydroxylation sites is 1. The molecular weight excluding hydrogens is 457 g/mol. The van der Waals surface area contributed by atoms with Gasteiger partial charge in [-0.1, -0.05) is 18.2 Å². The quantitative estimate of drug-likeness (QED) is 0.392. The van der Waals surface area contributed by atoms with Crippen LogP contribution < -0.4 is 10.1 Å². The van der Waals surface area contributed by atoms with E-state index in [1.54, 1.807) is 0 Å². The van der Waals surface area contributed by atoms with E-state index in [1.807, 2.05) is 25.2 Å². The van der Waals surface area contributed by atoms with Crippen LogP contribution in [0.2, 0.25) is 0 Å². The van der Waals surface area contributed by atoms with Gasteiger partial charge in [0.2, 0.25) is 0 Å². The summed E-state index contributed by atoms with van der Waals surface area (Å²) in [5, 5.41) is 3.44. The van der Waals surface area contributed by atoms with Crippen molar-refractivity contribution in [2.45, 2.75) is 45.0 Å². The van der Waals surface area contributed by atoms with Crippen molar-refractivity contribution in [3.8, 4) is 5.75 Å². The summed E-state index contributed by atoms with van der Waals surface area (Å²) in [5.41, 5.74) is 1.15. The average Bonchev–Trinajstić information content (AvgIpc) is 3.19. The van der Waals surface area contributed by atoms with Gasteiger partial charge < -0.3 is 24.4 Å². The van der Waals surface area contributed by atoms with E-state index in [0.717, 1.165) is 49.8 Å². The summed E-state index contributed by atoms with van der Waals surface area (Å²) in [5.74, 6) is 1.83. The molecule has 2 saturated heterocycles. The van der Waals surface area contributed by atoms with Crippen molar-refractivity contribution in [3.05, 3.63) is 29.8 Å². The van der Waals surface area contributed by atoms with Crippen LogP contribution in [0.1, 0.15) is 25.3 Å². The van der Waals surface area contributed by atoms with Gasteiger partial charge in [0, 0.05) is 26.7 Å². The number of guanidine groups is 1. The second-order valence-corrected chi connectivity index (χ2v) is 7.03. The molecule has 6 nitrogen and oxygen atoms in total. The molecule has 1 aromatic rings. The molecule has 2 aliphatic rings. The van der Waals surface area contributed by atoms with Crippen LogP contribution in [0.15, 0.2) is 29.3 Å². The van der Waals surface area contributed by atoms with Crippen LogP contribution in [0.4, 0.5) is 0 Å². The molecule has 0 bridgehead atoms. The van der Waals surface area contributed by atoms with E-state index in [0.29, 0.717) is 13.2 Å². The molecule has 3 unspecified atom stereocenters. The molecule has 0 aromatic heterocycles. The number of ether oxygens (including phenoxy) is 3. The third kappa shape index (κ3) is 6.22. The lowest BCUT2D eigenvalue weighted by atomic mass is 10.1. The highest BCUT2D eigenvalue weighted by Gasteiger charge is 2.32. The fraction of sp³-hybridized carbons (Fsp3) is 0.650. The lowest BCUT2D eigenvalue weighted by molar-refractivity contribution is -0.0817. The Labute approximate surface area is 179 Å². The number of nitrogens with zero attached hydrogens (tertiary/aromatic N) is 2. The Balaban J connectivity index is 0.00000261. The molecule has 0 saturated carbocycles. The number of aryl methyl sites for hydroxylation is 1. The predicted molar refractivity (Wildman–Crippen MR) is 118 cm³/mol. The van der Waals surface area contributed by atoms with Crippen LogP contribution in [-0.4, -0.2) is 69.1 Å². The van der Waals surface area contributed by atoms with Gasteiger partial charge in [-0.25, -0.2) is 0 Å². The number of halogens is 1. The van der Waals surface area contributed by atoms with Gasteiger partial charge in [-0.3, -0.25) is 4.99 Å². The van der Waals surface area contributed by atoms with Crippen molar-refractivity contribution >= 4 is 29.9 Å². The molecule has 1 N–H and O–H groups in total. The van der Waals surface area contributed by atoms with Crippen molar-refractivity contribution in [2.75, 3.05) is 39.9 Å². The lowest BCUT2D eigenvalue weighted by Crippen LogP contribution is -2.54. The zero-order chi connectivity index (χ0) is 18.4. The summed E-state index contributed by atoms with van der Waals surface area (Å²) >= 11 is 0. The Morgan fingerprint density at radius 3 is 2.78 bits per heavy atom. The monoisotopic (exact) mass is 489 g/mol. The maximum absolute atomic E-state index is 6.05. The molecule has 0 spiro atoms. The van der Waals surface area contributed by atoms with Crippen LogP contribution in [0.5, 0.6) is 5.75 Å². The van der Waals surface area contributed by atoms with Gasteiger partial charge in [0.25, 0.3) is 0 Å². The van der Waals surface area contributed by atoms with Crippen LogP contribution in [0.25, 0.3) is 0 Å². The van der Waals surface area contributed by atoms with Gasteiger partial charge in [0.1, 0.15) is 18.0 Å². The molecule has 0 aliphatic carbocycles. The first-order valence-corrected chi connectivity index (χ1v) is 9.58. The summed E-state index contributed by atoms with van der Waals surface area (Å²) in [6.45, 7) is 8.05. The largest absolute Gasteiger partial charge is 0.489 e. The number of hydrogen-bond acceptors (Lipinski definition) is 4. The van der Waals surface area contributed by atoms with E-state index in [-0.39, 0.29) is 42.3 Å². The number of aliphatic imine (C=N–C) groups is 1. The Morgan fingerprint density at radius 1 is 1.30 bits per heavy atom. The van der Waals surface area contributed by atoms with Gasteiger partial charge in [0.05, 0.1) is 19.3 Å². The smallest absolute Gasteiger partial charge is 0.193 e. The zero-order valence-electron chi connectivity index (χ0n) is 16.5. The molecule has 2 aliphatic heterocycles. The first-order chi connectivity index (χ1) is 12.7. The van der Waals surface area contributed by atoms with Crippen molar-refractivity contribution in [2.24, 2.45) is 4.99 Å². The van der Waals surface area contributed by atoms with E-state index in [4.69, 9.17) is 14.2 Å². The number of nitrogens with one attached hydrogen (secondary N) is 1. The van der Waals surface area contributed by atoms with Crippen LogP contribution in [-0.2, 0) is 9.47 Å². The highest BCUT2D eigenvalue weighted by molar-refractivity contribution is 14.0. The molecule has 152 valence electrons. The molecule has 0 amide bonds. The SMILES string of the molecule is CN=C(NCC(C)Oc1ccccc1C)N1CCOC(C2CCCO2)C1.I. The molecule has 1 aromatic carbocycles. The normalized spacial score (nSPS) is 24.3. The molecule has 27 heavy (non-hydrogen) atoms. The van der Waals surface area contributed by atoms with Crippen molar-refractivity contribution in [1.29, 1.82) is 0 Å². The van der Waals surface area contributed by atoms with Crippen molar-refractivity contribution < 1.29 is 14.2 Å². The Hall–Kier alpha value is -1.06. The minimum atomic E-state index is 0. The molecule has 2 heterocycles. The third-order valence-electron chi connectivity index (χ3n) is 4.95. The zero-order valence-corrected chi connectivity index (χ0v) is 18.8. The fourth-order valence-electron chi connectivity index (χ4n) is 3.50.